The van der Waals surface area contributed by atoms with E-state index in [1.165, 1.54) is 12.1 Å². The van der Waals surface area contributed by atoms with Crippen LogP contribution in [0.5, 0.6) is 0 Å². The quantitative estimate of drug-likeness (QED) is 0.729. The minimum atomic E-state index is -3.68. The van der Waals surface area contributed by atoms with Crippen LogP contribution in [0.2, 0.25) is 0 Å². The molecule has 108 valence electrons. The minimum absolute atomic E-state index is 0.109. The number of aromatic nitrogens is 4. The maximum atomic E-state index is 12.2. The van der Waals surface area contributed by atoms with E-state index < -0.39 is 22.2 Å². The molecule has 2 atom stereocenters. The molecule has 3 N–H and O–H groups in total. The van der Waals surface area contributed by atoms with Gasteiger partial charge in [0.25, 0.3) is 0 Å². The highest BCUT2D eigenvalue weighted by molar-refractivity contribution is 7.89. The smallest absolute Gasteiger partial charge is 0.241 e. The first kappa shape index (κ1) is 14.6. The third kappa shape index (κ3) is 3.18. The molecule has 0 spiro atoms. The summed E-state index contributed by atoms with van der Waals surface area (Å²) in [4.78, 5) is 0.109. The molecule has 2 rings (SSSR count). The summed E-state index contributed by atoms with van der Waals surface area (Å²) in [5.41, 5.74) is 0.648. The van der Waals surface area contributed by atoms with Gasteiger partial charge in [-0.1, -0.05) is 17.3 Å². The van der Waals surface area contributed by atoms with Crippen molar-refractivity contribution in [3.63, 3.8) is 0 Å². The summed E-state index contributed by atoms with van der Waals surface area (Å²) in [6.45, 7) is 3.23. The van der Waals surface area contributed by atoms with Crippen molar-refractivity contribution < 1.29 is 13.5 Å². The van der Waals surface area contributed by atoms with E-state index in [-0.39, 0.29) is 10.7 Å². The predicted octanol–water partition coefficient (Wildman–Crippen LogP) is 0.292. The Balaban J connectivity index is 2.18. The molecule has 0 aliphatic carbocycles. The number of rotatable bonds is 5. The highest BCUT2D eigenvalue weighted by Gasteiger charge is 2.20. The standard InChI is InChI=1S/C11H15N5O3S/c1-7(11-12-15-16-13-11)14-20(18,19)10-5-3-9(4-6-10)8(2)17/h3-8,14,17H,1-2H3,(H,12,13,15,16). The zero-order valence-corrected chi connectivity index (χ0v) is 11.8. The van der Waals surface area contributed by atoms with Gasteiger partial charge in [-0.3, -0.25) is 0 Å². The lowest BCUT2D eigenvalue weighted by atomic mass is 10.1. The second-order valence-corrected chi connectivity index (χ2v) is 6.07. The summed E-state index contributed by atoms with van der Waals surface area (Å²) in [6.07, 6.45) is -0.641. The van der Waals surface area contributed by atoms with Crippen LogP contribution in [0, 0.1) is 0 Å². The molecule has 0 saturated heterocycles. The van der Waals surface area contributed by atoms with Gasteiger partial charge in [-0.15, -0.1) is 10.2 Å². The van der Waals surface area contributed by atoms with Crippen molar-refractivity contribution >= 4 is 10.0 Å². The van der Waals surface area contributed by atoms with Crippen LogP contribution in [-0.4, -0.2) is 34.1 Å². The van der Waals surface area contributed by atoms with E-state index in [4.69, 9.17) is 0 Å². The molecule has 2 aromatic rings. The Morgan fingerprint density at radius 3 is 2.40 bits per heavy atom. The van der Waals surface area contributed by atoms with Crippen molar-refractivity contribution in [2.75, 3.05) is 0 Å². The largest absolute Gasteiger partial charge is 0.389 e. The Morgan fingerprint density at radius 1 is 1.25 bits per heavy atom. The summed E-state index contributed by atoms with van der Waals surface area (Å²) in [5, 5.41) is 22.5. The number of sulfonamides is 1. The van der Waals surface area contributed by atoms with Gasteiger partial charge >= 0.3 is 0 Å². The molecule has 1 aromatic carbocycles. The van der Waals surface area contributed by atoms with E-state index in [2.05, 4.69) is 25.3 Å². The zero-order chi connectivity index (χ0) is 14.8. The van der Waals surface area contributed by atoms with E-state index in [0.717, 1.165) is 0 Å². The van der Waals surface area contributed by atoms with E-state index >= 15 is 0 Å². The number of aromatic amines is 1. The molecule has 0 saturated carbocycles. The number of nitrogens with one attached hydrogen (secondary N) is 2. The maximum absolute atomic E-state index is 12.2. The fourth-order valence-corrected chi connectivity index (χ4v) is 2.83. The highest BCUT2D eigenvalue weighted by atomic mass is 32.2. The first-order chi connectivity index (χ1) is 9.40. The third-order valence-electron chi connectivity index (χ3n) is 2.75. The molecule has 0 bridgehead atoms. The molecule has 2 unspecified atom stereocenters. The number of benzene rings is 1. The van der Waals surface area contributed by atoms with Crippen LogP contribution >= 0.6 is 0 Å². The first-order valence-electron chi connectivity index (χ1n) is 5.94. The average molecular weight is 297 g/mol. The molecule has 0 fully saturated rings. The summed E-state index contributed by atoms with van der Waals surface area (Å²) in [5.74, 6) is 0.258. The van der Waals surface area contributed by atoms with Crippen LogP contribution in [0.3, 0.4) is 0 Å². The van der Waals surface area contributed by atoms with Gasteiger partial charge in [-0.05, 0) is 31.5 Å². The number of aliphatic hydroxyl groups is 1. The van der Waals surface area contributed by atoms with Crippen LogP contribution in [-0.2, 0) is 10.0 Å². The second kappa shape index (κ2) is 5.65. The fourth-order valence-electron chi connectivity index (χ4n) is 1.63. The molecule has 0 aliphatic rings. The van der Waals surface area contributed by atoms with Gasteiger partial charge in [0.2, 0.25) is 10.0 Å². The summed E-state index contributed by atoms with van der Waals surface area (Å²) in [6, 6.07) is 5.41. The van der Waals surface area contributed by atoms with Gasteiger partial charge < -0.3 is 5.11 Å². The third-order valence-corrected chi connectivity index (χ3v) is 4.31. The molecule has 8 nitrogen and oxygen atoms in total. The average Bonchev–Trinajstić information content (AvgIpc) is 2.92. The topological polar surface area (TPSA) is 121 Å². The van der Waals surface area contributed by atoms with Gasteiger partial charge in [-0.25, -0.2) is 13.1 Å². The lowest BCUT2D eigenvalue weighted by Gasteiger charge is -2.11. The highest BCUT2D eigenvalue weighted by Crippen LogP contribution is 2.17. The fraction of sp³-hybridized carbons (Fsp3) is 0.364. The number of aliphatic hydroxyl groups excluding tert-OH is 1. The van der Waals surface area contributed by atoms with Crippen molar-refractivity contribution in [3.8, 4) is 0 Å². The normalized spacial score (nSPS) is 14.9. The molecule has 0 radical (unpaired) electrons. The van der Waals surface area contributed by atoms with Crippen LogP contribution in [0.25, 0.3) is 0 Å². The van der Waals surface area contributed by atoms with Crippen LogP contribution in [0.4, 0.5) is 0 Å². The Morgan fingerprint density at radius 2 is 1.90 bits per heavy atom. The van der Waals surface area contributed by atoms with E-state index in [1.807, 2.05) is 0 Å². The Labute approximate surface area is 116 Å². The molecular weight excluding hydrogens is 282 g/mol. The van der Waals surface area contributed by atoms with Crippen molar-refractivity contribution in [3.05, 3.63) is 35.7 Å². The Bertz CT molecular complexity index is 652. The van der Waals surface area contributed by atoms with E-state index in [0.29, 0.717) is 5.56 Å². The number of H-pyrrole nitrogens is 1. The molecule has 0 aliphatic heterocycles. The molecule has 20 heavy (non-hydrogen) atoms. The summed E-state index contributed by atoms with van der Waals surface area (Å²) >= 11 is 0. The first-order valence-corrected chi connectivity index (χ1v) is 7.42. The number of nitrogens with zero attached hydrogens (tertiary/aromatic N) is 3. The number of tetrazole rings is 1. The van der Waals surface area contributed by atoms with Crippen molar-refractivity contribution in [2.45, 2.75) is 30.9 Å². The predicted molar refractivity (Wildman–Crippen MR) is 70.0 cm³/mol. The molecule has 9 heteroatoms. The molecule has 0 amide bonds. The van der Waals surface area contributed by atoms with Crippen LogP contribution in [0.1, 0.15) is 37.4 Å². The van der Waals surface area contributed by atoms with Gasteiger partial charge in [0.05, 0.1) is 17.0 Å². The van der Waals surface area contributed by atoms with Gasteiger partial charge in [0.15, 0.2) is 5.82 Å². The second-order valence-electron chi connectivity index (χ2n) is 4.36. The van der Waals surface area contributed by atoms with Gasteiger partial charge in [-0.2, -0.15) is 5.21 Å². The van der Waals surface area contributed by atoms with Crippen LogP contribution < -0.4 is 4.72 Å². The summed E-state index contributed by atoms with van der Waals surface area (Å²) in [7, 11) is -3.68. The molecular formula is C11H15N5O3S. The van der Waals surface area contributed by atoms with Crippen molar-refractivity contribution in [1.29, 1.82) is 0 Å². The van der Waals surface area contributed by atoms with Gasteiger partial charge in [0.1, 0.15) is 0 Å². The Kier molecular flexibility index (Phi) is 4.12. The summed E-state index contributed by atoms with van der Waals surface area (Å²) < 4.78 is 26.8. The van der Waals surface area contributed by atoms with Gasteiger partial charge in [0, 0.05) is 0 Å². The molecule has 1 heterocycles. The maximum Gasteiger partial charge on any atom is 0.241 e. The zero-order valence-electron chi connectivity index (χ0n) is 11.0. The van der Waals surface area contributed by atoms with Crippen molar-refractivity contribution in [1.82, 2.24) is 25.3 Å². The monoisotopic (exact) mass is 297 g/mol. The minimum Gasteiger partial charge on any atom is -0.389 e. The van der Waals surface area contributed by atoms with E-state index in [1.54, 1.807) is 26.0 Å². The lowest BCUT2D eigenvalue weighted by molar-refractivity contribution is 0.199. The van der Waals surface area contributed by atoms with Crippen molar-refractivity contribution in [2.24, 2.45) is 0 Å². The SMILES string of the molecule is CC(O)c1ccc(S(=O)(=O)NC(C)c2nn[nH]n2)cc1. The lowest BCUT2D eigenvalue weighted by Crippen LogP contribution is -2.27. The number of hydrogen-bond donors (Lipinski definition) is 3. The van der Waals surface area contributed by atoms with E-state index in [9.17, 15) is 13.5 Å². The Hall–Kier alpha value is -1.84. The number of hydrogen-bond acceptors (Lipinski definition) is 6. The molecule has 1 aromatic heterocycles. The van der Waals surface area contributed by atoms with Crippen LogP contribution in [0.15, 0.2) is 29.2 Å².